The second kappa shape index (κ2) is 3.54. The molecule has 0 aromatic carbocycles. The molecule has 0 N–H and O–H groups in total. The fourth-order valence-corrected chi connectivity index (χ4v) is 0.322. The fourth-order valence-electron chi connectivity index (χ4n) is 0.322. The van der Waals surface area contributed by atoms with Gasteiger partial charge < -0.3 is 19.8 Å². The van der Waals surface area contributed by atoms with Crippen LogP contribution in [0.1, 0.15) is 6.42 Å². The fraction of sp³-hybridized carbons (Fsp3) is 0.500. The molecule has 0 amide bonds. The van der Waals surface area contributed by atoms with Crippen molar-refractivity contribution in [2.24, 2.45) is 5.18 Å². The lowest BCUT2D eigenvalue weighted by atomic mass is 10.2. The van der Waals surface area contributed by atoms with Crippen LogP contribution >= 0.6 is 0 Å². The van der Waals surface area contributed by atoms with Crippen molar-refractivity contribution in [2.75, 3.05) is 0 Å². The van der Waals surface area contributed by atoms with E-state index >= 15 is 0 Å². The largest absolute Gasteiger partial charge is 0.550 e. The number of carbonyl (C=O) groups is 2. The van der Waals surface area contributed by atoms with Crippen molar-refractivity contribution in [1.82, 2.24) is 0 Å². The van der Waals surface area contributed by atoms with Crippen LogP contribution in [0.4, 0.5) is 0 Å². The molecule has 0 heterocycles. The van der Waals surface area contributed by atoms with Crippen molar-refractivity contribution in [3.05, 3.63) is 4.91 Å². The Morgan fingerprint density at radius 1 is 1.40 bits per heavy atom. The molecule has 56 valence electrons. The van der Waals surface area contributed by atoms with Crippen molar-refractivity contribution in [2.45, 2.75) is 12.5 Å². The van der Waals surface area contributed by atoms with Crippen LogP contribution in [0.5, 0.6) is 0 Å². The van der Waals surface area contributed by atoms with Gasteiger partial charge in [-0.05, 0) is 0 Å². The van der Waals surface area contributed by atoms with Crippen molar-refractivity contribution < 1.29 is 19.8 Å². The number of nitrogens with zero attached hydrogens (tertiary/aromatic N) is 1. The molecule has 0 fully saturated rings. The van der Waals surface area contributed by atoms with E-state index in [1.54, 1.807) is 0 Å². The highest BCUT2D eigenvalue weighted by Crippen LogP contribution is 1.93. The molecule has 0 aliphatic carbocycles. The summed E-state index contributed by atoms with van der Waals surface area (Å²) in [5.74, 6) is -3.45. The van der Waals surface area contributed by atoms with E-state index in [1.807, 2.05) is 5.18 Å². The standard InChI is InChI=1S/C4H5NO5/c6-3(7)1-2(5-10)4(8)9/h2H,1H2,(H,6,7)(H,8,9)/p-2/t2-/m0/s1. The monoisotopic (exact) mass is 145 g/mol. The van der Waals surface area contributed by atoms with Crippen molar-refractivity contribution in [1.29, 1.82) is 0 Å². The predicted molar refractivity (Wildman–Crippen MR) is 24.2 cm³/mol. The van der Waals surface area contributed by atoms with E-state index in [-0.39, 0.29) is 0 Å². The first-order valence-electron chi connectivity index (χ1n) is 2.31. The molecule has 0 unspecified atom stereocenters. The van der Waals surface area contributed by atoms with Crippen molar-refractivity contribution >= 4 is 11.9 Å². The second-order valence-corrected chi connectivity index (χ2v) is 1.52. The summed E-state index contributed by atoms with van der Waals surface area (Å²) in [7, 11) is 0. The van der Waals surface area contributed by atoms with E-state index in [0.29, 0.717) is 0 Å². The molecule has 0 bridgehead atoms. The van der Waals surface area contributed by atoms with Gasteiger partial charge in [-0.3, -0.25) is 0 Å². The van der Waals surface area contributed by atoms with Gasteiger partial charge in [0.1, 0.15) is 6.04 Å². The van der Waals surface area contributed by atoms with E-state index in [4.69, 9.17) is 0 Å². The molecule has 0 spiro atoms. The van der Waals surface area contributed by atoms with Crippen LogP contribution in [0.25, 0.3) is 0 Å². The average molecular weight is 145 g/mol. The minimum absolute atomic E-state index is 0.939. The van der Waals surface area contributed by atoms with Gasteiger partial charge in [0, 0.05) is 12.4 Å². The number of rotatable bonds is 4. The van der Waals surface area contributed by atoms with Crippen molar-refractivity contribution in [3.63, 3.8) is 0 Å². The second-order valence-electron chi connectivity index (χ2n) is 1.52. The summed E-state index contributed by atoms with van der Waals surface area (Å²) in [4.78, 5) is 29.0. The van der Waals surface area contributed by atoms with E-state index in [9.17, 15) is 24.7 Å². The normalized spacial score (nSPS) is 12.0. The number of carboxylic acids is 2. The Bertz CT molecular complexity index is 165. The summed E-state index contributed by atoms with van der Waals surface area (Å²) in [5, 5.41) is 21.4. The molecule has 0 radical (unpaired) electrons. The van der Waals surface area contributed by atoms with Gasteiger partial charge in [-0.15, -0.1) is 0 Å². The lowest BCUT2D eigenvalue weighted by Gasteiger charge is -2.08. The molecule has 0 aliphatic rings. The maximum absolute atomic E-state index is 9.77. The Morgan fingerprint density at radius 2 is 1.90 bits per heavy atom. The summed E-state index contributed by atoms with van der Waals surface area (Å²) in [5.41, 5.74) is 0. The summed E-state index contributed by atoms with van der Waals surface area (Å²) < 4.78 is 0. The average Bonchev–Trinajstić information content (AvgIpc) is 1.81. The van der Waals surface area contributed by atoms with Crippen molar-refractivity contribution in [3.8, 4) is 0 Å². The lowest BCUT2D eigenvalue weighted by molar-refractivity contribution is -0.316. The molecule has 10 heavy (non-hydrogen) atoms. The number of carboxylic acid groups (broad SMARTS) is 2. The van der Waals surface area contributed by atoms with Gasteiger partial charge in [0.05, 0.1) is 5.97 Å². The topological polar surface area (TPSA) is 110 Å². The van der Waals surface area contributed by atoms with E-state index in [1.165, 1.54) is 0 Å². The molecule has 0 aromatic heterocycles. The first kappa shape index (κ1) is 8.54. The molecule has 0 aliphatic heterocycles. The maximum atomic E-state index is 9.77. The summed E-state index contributed by atoms with van der Waals surface area (Å²) >= 11 is 0. The Hall–Kier alpha value is -1.46. The lowest BCUT2D eigenvalue weighted by Crippen LogP contribution is -2.38. The van der Waals surface area contributed by atoms with Gasteiger partial charge >= 0.3 is 0 Å². The van der Waals surface area contributed by atoms with Crippen LogP contribution in [0.2, 0.25) is 0 Å². The van der Waals surface area contributed by atoms with Gasteiger partial charge in [0.2, 0.25) is 0 Å². The third-order valence-corrected chi connectivity index (χ3v) is 0.759. The molecular formula is C4H3NO5-2. The molecule has 0 saturated carbocycles. The summed E-state index contributed by atoms with van der Waals surface area (Å²) in [6, 6.07) is -1.84. The molecule has 1 atom stereocenters. The van der Waals surface area contributed by atoms with Gasteiger partial charge in [-0.2, -0.15) is 4.91 Å². The number of hydrogen-bond acceptors (Lipinski definition) is 6. The van der Waals surface area contributed by atoms with Gasteiger partial charge in [0.25, 0.3) is 0 Å². The molecule has 0 rings (SSSR count). The molecule has 6 nitrogen and oxygen atoms in total. The third-order valence-electron chi connectivity index (χ3n) is 0.759. The Labute approximate surface area is 55.4 Å². The highest BCUT2D eigenvalue weighted by atomic mass is 16.4. The Morgan fingerprint density at radius 3 is 2.00 bits per heavy atom. The van der Waals surface area contributed by atoms with Crippen LogP contribution in [0, 0.1) is 4.91 Å². The van der Waals surface area contributed by atoms with Crippen LogP contribution in [0.3, 0.4) is 0 Å². The molecular weight excluding hydrogens is 142 g/mol. The maximum Gasteiger partial charge on any atom is 0.136 e. The van der Waals surface area contributed by atoms with Crippen LogP contribution in [0.15, 0.2) is 5.18 Å². The molecule has 0 saturated heterocycles. The van der Waals surface area contributed by atoms with Crippen LogP contribution in [-0.2, 0) is 9.59 Å². The zero-order valence-electron chi connectivity index (χ0n) is 4.77. The summed E-state index contributed by atoms with van der Waals surface area (Å²) in [6.45, 7) is 0. The molecule has 0 aromatic rings. The molecule has 6 heteroatoms. The quantitative estimate of drug-likeness (QED) is 0.392. The highest BCUT2D eigenvalue weighted by molar-refractivity contribution is 5.78. The van der Waals surface area contributed by atoms with E-state index < -0.39 is 24.4 Å². The van der Waals surface area contributed by atoms with Gasteiger partial charge in [-0.1, -0.05) is 5.18 Å². The predicted octanol–water partition coefficient (Wildman–Crippen LogP) is -2.99. The number of nitroso groups, excluding NO2 is 1. The number of hydrogen-bond donors (Lipinski definition) is 0. The third kappa shape index (κ3) is 2.75. The van der Waals surface area contributed by atoms with Gasteiger partial charge in [-0.25, -0.2) is 0 Å². The first-order chi connectivity index (χ1) is 4.57. The highest BCUT2D eigenvalue weighted by Gasteiger charge is 2.08. The zero-order chi connectivity index (χ0) is 8.15. The zero-order valence-corrected chi connectivity index (χ0v) is 4.77. The minimum Gasteiger partial charge on any atom is -0.550 e. The Balaban J connectivity index is 3.96. The smallest absolute Gasteiger partial charge is 0.136 e. The minimum atomic E-state index is -1.84. The van der Waals surface area contributed by atoms with Crippen LogP contribution in [-0.4, -0.2) is 18.0 Å². The van der Waals surface area contributed by atoms with Gasteiger partial charge in [0.15, 0.2) is 0 Å². The van der Waals surface area contributed by atoms with E-state index in [0.717, 1.165) is 0 Å². The number of carbonyl (C=O) groups excluding carboxylic acids is 2. The number of aliphatic carboxylic acids is 2. The SMILES string of the molecule is O=N[C@@H](CC(=O)[O-])C(=O)[O-]. The first-order valence-corrected chi connectivity index (χ1v) is 2.31. The summed E-state index contributed by atoms with van der Waals surface area (Å²) in [6.07, 6.45) is -0.939. The van der Waals surface area contributed by atoms with Crippen LogP contribution < -0.4 is 10.2 Å². The van der Waals surface area contributed by atoms with E-state index in [2.05, 4.69) is 0 Å². The Kier molecular flexibility index (Phi) is 3.03.